The molecule has 0 aliphatic carbocycles. The first-order valence-corrected chi connectivity index (χ1v) is 9.34. The number of halogens is 1. The van der Waals surface area contributed by atoms with E-state index in [0.717, 1.165) is 10.0 Å². The first-order chi connectivity index (χ1) is 13.4. The number of carbonyl (C=O) groups excluding carboxylic acids is 2. The van der Waals surface area contributed by atoms with Crippen LogP contribution in [0.2, 0.25) is 0 Å². The maximum absolute atomic E-state index is 13.3. The fraction of sp³-hybridized carbons (Fsp3) is 0.150. The number of nitrogens with one attached hydrogen (secondary N) is 1. The molecule has 0 fully saturated rings. The average Bonchev–Trinajstić information content (AvgIpc) is 3.03. The molecule has 0 saturated heterocycles. The summed E-state index contributed by atoms with van der Waals surface area (Å²) in [5.41, 5.74) is 2.48. The number of urea groups is 1. The summed E-state index contributed by atoms with van der Waals surface area (Å²) in [5, 5.41) is 12.1. The lowest BCUT2D eigenvalue weighted by atomic mass is 9.96. The molecule has 7 nitrogen and oxygen atoms in total. The Morgan fingerprint density at radius 3 is 2.57 bits per heavy atom. The Morgan fingerprint density at radius 2 is 1.89 bits per heavy atom. The number of hydrogen-bond acceptors (Lipinski definition) is 3. The van der Waals surface area contributed by atoms with Crippen molar-refractivity contribution in [1.82, 2.24) is 10.2 Å². The minimum atomic E-state index is -1.06. The van der Waals surface area contributed by atoms with Gasteiger partial charge in [-0.2, -0.15) is 0 Å². The Balaban J connectivity index is 1.75. The number of carboxylic acid groups (broad SMARTS) is 1. The van der Waals surface area contributed by atoms with Crippen molar-refractivity contribution in [2.45, 2.75) is 6.04 Å². The van der Waals surface area contributed by atoms with Gasteiger partial charge in [0.2, 0.25) is 0 Å². The molecule has 0 unspecified atom stereocenters. The van der Waals surface area contributed by atoms with Crippen molar-refractivity contribution in [2.24, 2.45) is 0 Å². The molecular weight excluding hydrogens is 426 g/mol. The van der Waals surface area contributed by atoms with E-state index in [2.05, 4.69) is 21.2 Å². The van der Waals surface area contributed by atoms with Crippen LogP contribution in [0.4, 0.5) is 10.5 Å². The van der Waals surface area contributed by atoms with Crippen molar-refractivity contribution < 1.29 is 19.5 Å². The Kier molecular flexibility index (Phi) is 4.43. The molecule has 0 aromatic heterocycles. The second-order valence-corrected chi connectivity index (χ2v) is 7.52. The van der Waals surface area contributed by atoms with Gasteiger partial charge in [-0.1, -0.05) is 34.1 Å². The zero-order valence-corrected chi connectivity index (χ0v) is 16.4. The van der Waals surface area contributed by atoms with Gasteiger partial charge in [0.05, 0.1) is 29.4 Å². The van der Waals surface area contributed by atoms with Crippen LogP contribution < -0.4 is 10.2 Å². The third-order valence-electron chi connectivity index (χ3n) is 4.97. The Morgan fingerprint density at radius 1 is 1.18 bits per heavy atom. The highest BCUT2D eigenvalue weighted by molar-refractivity contribution is 9.10. The summed E-state index contributed by atoms with van der Waals surface area (Å²) in [5.74, 6) is -1.31. The highest BCUT2D eigenvalue weighted by atomic mass is 79.9. The molecule has 2 aromatic rings. The van der Waals surface area contributed by atoms with Gasteiger partial charge in [0.25, 0.3) is 5.91 Å². The smallest absolute Gasteiger partial charge is 0.335 e. The van der Waals surface area contributed by atoms with Crippen molar-refractivity contribution in [2.75, 3.05) is 18.5 Å². The molecule has 0 saturated carbocycles. The van der Waals surface area contributed by atoms with Gasteiger partial charge in [-0.25, -0.2) is 9.59 Å². The summed E-state index contributed by atoms with van der Waals surface area (Å²) in [6.07, 6.45) is 0. The van der Waals surface area contributed by atoms with E-state index in [4.69, 9.17) is 0 Å². The molecule has 8 heteroatoms. The summed E-state index contributed by atoms with van der Waals surface area (Å²) >= 11 is 3.39. The summed E-state index contributed by atoms with van der Waals surface area (Å²) < 4.78 is 0.898. The van der Waals surface area contributed by atoms with Crippen molar-refractivity contribution in [3.8, 4) is 0 Å². The quantitative estimate of drug-likeness (QED) is 0.765. The highest BCUT2D eigenvalue weighted by Gasteiger charge is 2.43. The van der Waals surface area contributed by atoms with Crippen molar-refractivity contribution >= 4 is 39.5 Å². The van der Waals surface area contributed by atoms with Gasteiger partial charge in [-0.3, -0.25) is 9.69 Å². The molecule has 1 atom stereocenters. The van der Waals surface area contributed by atoms with Gasteiger partial charge >= 0.3 is 12.0 Å². The number of hydrogen-bond donors (Lipinski definition) is 2. The van der Waals surface area contributed by atoms with E-state index in [1.807, 2.05) is 24.3 Å². The van der Waals surface area contributed by atoms with Gasteiger partial charge in [-0.15, -0.1) is 0 Å². The SMILES string of the molecule is CN1C(=O)N[C@H](c2ccc(Br)cc2)C2=C1CN(c1cccc(C(=O)O)c1)C2=O. The molecule has 2 heterocycles. The largest absolute Gasteiger partial charge is 0.478 e. The van der Waals surface area contributed by atoms with E-state index >= 15 is 0 Å². The van der Waals surface area contributed by atoms with Gasteiger partial charge in [-0.05, 0) is 35.9 Å². The molecule has 4 rings (SSSR count). The van der Waals surface area contributed by atoms with Crippen LogP contribution in [0.15, 0.2) is 64.3 Å². The number of carboxylic acids is 1. The number of likely N-dealkylation sites (N-methyl/N-ethyl adjacent to an activating group) is 1. The van der Waals surface area contributed by atoms with Gasteiger partial charge in [0.1, 0.15) is 0 Å². The topological polar surface area (TPSA) is 90.0 Å². The lowest BCUT2D eigenvalue weighted by Crippen LogP contribution is -2.45. The lowest BCUT2D eigenvalue weighted by molar-refractivity contribution is -0.114. The van der Waals surface area contributed by atoms with Crippen LogP contribution in [0.25, 0.3) is 0 Å². The zero-order chi connectivity index (χ0) is 20.0. The average molecular weight is 442 g/mol. The summed E-state index contributed by atoms with van der Waals surface area (Å²) in [6, 6.07) is 12.8. The predicted molar refractivity (Wildman–Crippen MR) is 106 cm³/mol. The normalized spacial score (nSPS) is 19.0. The van der Waals surface area contributed by atoms with Gasteiger partial charge in [0.15, 0.2) is 0 Å². The molecule has 0 spiro atoms. The van der Waals surface area contributed by atoms with E-state index < -0.39 is 12.0 Å². The summed E-state index contributed by atoms with van der Waals surface area (Å²) in [7, 11) is 1.62. The number of carbonyl (C=O) groups is 3. The number of amides is 3. The van der Waals surface area contributed by atoms with Crippen LogP contribution in [0.1, 0.15) is 22.0 Å². The van der Waals surface area contributed by atoms with E-state index in [9.17, 15) is 19.5 Å². The van der Waals surface area contributed by atoms with Gasteiger partial charge < -0.3 is 15.3 Å². The minimum absolute atomic E-state index is 0.0992. The number of benzene rings is 2. The Labute approximate surface area is 169 Å². The monoisotopic (exact) mass is 441 g/mol. The molecule has 3 amide bonds. The van der Waals surface area contributed by atoms with Crippen LogP contribution >= 0.6 is 15.9 Å². The molecule has 0 radical (unpaired) electrons. The second-order valence-electron chi connectivity index (χ2n) is 6.60. The number of anilines is 1. The first kappa shape index (κ1) is 18.2. The third kappa shape index (κ3) is 2.95. The number of nitrogens with zero attached hydrogens (tertiary/aromatic N) is 2. The summed E-state index contributed by atoms with van der Waals surface area (Å²) in [6.45, 7) is 0.203. The van der Waals surface area contributed by atoms with E-state index in [1.165, 1.54) is 21.9 Å². The van der Waals surface area contributed by atoms with Crippen LogP contribution in [-0.2, 0) is 4.79 Å². The second kappa shape index (κ2) is 6.79. The fourth-order valence-electron chi connectivity index (χ4n) is 3.49. The third-order valence-corrected chi connectivity index (χ3v) is 5.50. The molecule has 142 valence electrons. The maximum atomic E-state index is 13.3. The molecule has 2 aliphatic heterocycles. The Hall–Kier alpha value is -3.13. The predicted octanol–water partition coefficient (Wildman–Crippen LogP) is 3.14. The van der Waals surface area contributed by atoms with E-state index in [0.29, 0.717) is 17.0 Å². The zero-order valence-electron chi connectivity index (χ0n) is 14.8. The molecule has 2 N–H and O–H groups in total. The van der Waals surface area contributed by atoms with Crippen molar-refractivity contribution in [1.29, 1.82) is 0 Å². The molecule has 2 aliphatic rings. The number of aromatic carboxylic acids is 1. The first-order valence-electron chi connectivity index (χ1n) is 8.55. The minimum Gasteiger partial charge on any atom is -0.478 e. The Bertz CT molecular complexity index is 1030. The molecule has 0 bridgehead atoms. The van der Waals surface area contributed by atoms with Crippen LogP contribution in [-0.4, -0.2) is 41.5 Å². The highest BCUT2D eigenvalue weighted by Crippen LogP contribution is 2.37. The molecule has 28 heavy (non-hydrogen) atoms. The van der Waals surface area contributed by atoms with Crippen LogP contribution in [0.3, 0.4) is 0 Å². The van der Waals surface area contributed by atoms with Crippen LogP contribution in [0.5, 0.6) is 0 Å². The fourth-order valence-corrected chi connectivity index (χ4v) is 3.75. The van der Waals surface area contributed by atoms with Crippen molar-refractivity contribution in [3.63, 3.8) is 0 Å². The van der Waals surface area contributed by atoms with Crippen molar-refractivity contribution in [3.05, 3.63) is 75.4 Å². The molecule has 2 aromatic carbocycles. The number of rotatable bonds is 3. The van der Waals surface area contributed by atoms with Gasteiger partial charge in [0, 0.05) is 17.2 Å². The van der Waals surface area contributed by atoms with E-state index in [-0.39, 0.29) is 24.0 Å². The standard InChI is InChI=1S/C20H16BrN3O4/c1-23-15-10-24(14-4-2-3-12(9-14)19(26)27)18(25)16(15)17(22-20(23)28)11-5-7-13(21)8-6-11/h2-9,17H,10H2,1H3,(H,22,28)(H,26,27)/t17-/m1/s1. The van der Waals surface area contributed by atoms with Crippen LogP contribution in [0, 0.1) is 0 Å². The maximum Gasteiger partial charge on any atom is 0.335 e. The summed E-state index contributed by atoms with van der Waals surface area (Å²) in [4.78, 5) is 39.9. The molecular formula is C20H16BrN3O4. The van der Waals surface area contributed by atoms with E-state index in [1.54, 1.807) is 19.2 Å². The lowest BCUT2D eigenvalue weighted by Gasteiger charge is -2.31.